The molecule has 0 aliphatic carbocycles. The van der Waals surface area contributed by atoms with Crippen molar-refractivity contribution in [1.29, 1.82) is 0 Å². The maximum atomic E-state index is 13.3. The molecule has 0 saturated heterocycles. The molecule has 0 heterocycles. The van der Waals surface area contributed by atoms with Gasteiger partial charge in [-0.2, -0.15) is 0 Å². The molecule has 0 saturated carbocycles. The first kappa shape index (κ1) is 13.1. The Bertz CT molecular complexity index is 408. The molecule has 92 valence electrons. The molecule has 0 aliphatic heterocycles. The summed E-state index contributed by atoms with van der Waals surface area (Å²) in [6, 6.07) is 1.63. The van der Waals surface area contributed by atoms with Gasteiger partial charge in [-0.3, -0.25) is 4.79 Å². The van der Waals surface area contributed by atoms with Gasteiger partial charge in [0.15, 0.2) is 24.0 Å². The first-order chi connectivity index (χ1) is 8.08. The molecule has 0 aliphatic rings. The Morgan fingerprint density at radius 2 is 1.94 bits per heavy atom. The predicted octanol–water partition coefficient (Wildman–Crippen LogP) is 1.72. The Morgan fingerprint density at radius 1 is 1.35 bits per heavy atom. The summed E-state index contributed by atoms with van der Waals surface area (Å²) in [6.45, 7) is 1.15. The smallest absolute Gasteiger partial charge is 0.344 e. The lowest BCUT2D eigenvalue weighted by molar-refractivity contribution is -0.145. The Kier molecular flexibility index (Phi) is 4.56. The first-order valence-corrected chi connectivity index (χ1v) is 4.81. The van der Waals surface area contributed by atoms with Crippen LogP contribution in [0.4, 0.5) is 8.78 Å². The quantitative estimate of drug-likeness (QED) is 0.584. The van der Waals surface area contributed by atoms with Crippen molar-refractivity contribution in [2.75, 3.05) is 13.2 Å². The average molecular weight is 244 g/mol. The van der Waals surface area contributed by atoms with E-state index in [0.717, 1.165) is 12.1 Å². The summed E-state index contributed by atoms with van der Waals surface area (Å²) >= 11 is 0. The van der Waals surface area contributed by atoms with E-state index in [1.54, 1.807) is 6.92 Å². The molecule has 0 amide bonds. The predicted molar refractivity (Wildman–Crippen MR) is 53.9 cm³/mol. The van der Waals surface area contributed by atoms with Gasteiger partial charge in [-0.1, -0.05) is 0 Å². The van der Waals surface area contributed by atoms with E-state index in [4.69, 9.17) is 0 Å². The van der Waals surface area contributed by atoms with Gasteiger partial charge in [0.2, 0.25) is 0 Å². The fourth-order valence-electron chi connectivity index (χ4n) is 1.12. The van der Waals surface area contributed by atoms with Crippen molar-refractivity contribution in [3.63, 3.8) is 0 Å². The largest absolute Gasteiger partial charge is 0.476 e. The Hall–Kier alpha value is -1.98. The number of aldehydes is 1. The van der Waals surface area contributed by atoms with Crippen LogP contribution >= 0.6 is 0 Å². The fraction of sp³-hybridized carbons (Fsp3) is 0.273. The van der Waals surface area contributed by atoms with Crippen LogP contribution in [0.15, 0.2) is 12.1 Å². The molecule has 0 spiro atoms. The topological polar surface area (TPSA) is 52.6 Å². The van der Waals surface area contributed by atoms with Crippen LogP contribution in [0, 0.1) is 11.6 Å². The number of hydrogen-bond donors (Lipinski definition) is 0. The lowest BCUT2D eigenvalue weighted by Gasteiger charge is -2.08. The third-order valence-corrected chi connectivity index (χ3v) is 1.80. The van der Waals surface area contributed by atoms with E-state index in [1.165, 1.54) is 0 Å². The second kappa shape index (κ2) is 5.93. The highest BCUT2D eigenvalue weighted by Crippen LogP contribution is 2.22. The standard InChI is InChI=1S/C11H10F2O4/c1-2-16-10(15)6-17-11-8(12)3-7(5-14)4-9(11)13/h3-5H,2,6H2,1H3. The Morgan fingerprint density at radius 3 is 2.41 bits per heavy atom. The monoisotopic (exact) mass is 244 g/mol. The normalized spacial score (nSPS) is 9.82. The number of rotatable bonds is 5. The molecule has 0 N–H and O–H groups in total. The lowest BCUT2D eigenvalue weighted by atomic mass is 10.2. The molecular weight excluding hydrogens is 234 g/mol. The molecule has 0 atom stereocenters. The highest BCUT2D eigenvalue weighted by atomic mass is 19.1. The van der Waals surface area contributed by atoms with Crippen LogP contribution in [-0.4, -0.2) is 25.5 Å². The van der Waals surface area contributed by atoms with Crippen molar-refractivity contribution < 1.29 is 27.8 Å². The summed E-state index contributed by atoms with van der Waals surface area (Å²) in [5.74, 6) is -3.53. The van der Waals surface area contributed by atoms with E-state index < -0.39 is 30.0 Å². The molecule has 6 heteroatoms. The molecule has 4 nitrogen and oxygen atoms in total. The molecule has 17 heavy (non-hydrogen) atoms. The van der Waals surface area contributed by atoms with E-state index in [1.807, 2.05) is 0 Å². The maximum absolute atomic E-state index is 13.3. The van der Waals surface area contributed by atoms with Gasteiger partial charge in [0.25, 0.3) is 0 Å². The SMILES string of the molecule is CCOC(=O)COc1c(F)cc(C=O)cc1F. The van der Waals surface area contributed by atoms with Crippen LogP contribution in [-0.2, 0) is 9.53 Å². The van der Waals surface area contributed by atoms with Crippen LogP contribution < -0.4 is 4.74 Å². The molecule has 0 radical (unpaired) electrons. The summed E-state index contributed by atoms with van der Waals surface area (Å²) in [5.41, 5.74) is -0.150. The summed E-state index contributed by atoms with van der Waals surface area (Å²) in [5, 5.41) is 0. The van der Waals surface area contributed by atoms with Crippen LogP contribution in [0.25, 0.3) is 0 Å². The zero-order valence-electron chi connectivity index (χ0n) is 9.04. The number of hydrogen-bond acceptors (Lipinski definition) is 4. The third-order valence-electron chi connectivity index (χ3n) is 1.80. The molecule has 0 unspecified atom stereocenters. The van der Waals surface area contributed by atoms with Crippen LogP contribution in [0.5, 0.6) is 5.75 Å². The molecular formula is C11H10F2O4. The van der Waals surface area contributed by atoms with Gasteiger partial charge in [0.1, 0.15) is 6.29 Å². The third kappa shape index (κ3) is 3.51. The summed E-state index contributed by atoms with van der Waals surface area (Å²) in [7, 11) is 0. The van der Waals surface area contributed by atoms with Gasteiger partial charge in [0, 0.05) is 5.56 Å². The van der Waals surface area contributed by atoms with E-state index in [-0.39, 0.29) is 12.2 Å². The summed E-state index contributed by atoms with van der Waals surface area (Å²) < 4.78 is 35.7. The minimum Gasteiger partial charge on any atom is -0.476 e. The molecule has 1 aromatic rings. The Balaban J connectivity index is 2.78. The second-order valence-electron chi connectivity index (χ2n) is 3.03. The van der Waals surface area contributed by atoms with Crippen LogP contribution in [0.1, 0.15) is 17.3 Å². The minimum absolute atomic E-state index is 0.150. The van der Waals surface area contributed by atoms with Gasteiger partial charge >= 0.3 is 5.97 Å². The Labute approximate surface area is 96.1 Å². The highest BCUT2D eigenvalue weighted by Gasteiger charge is 2.14. The summed E-state index contributed by atoms with van der Waals surface area (Å²) in [6.07, 6.45) is 0.307. The number of carbonyl (C=O) groups is 2. The molecule has 1 aromatic carbocycles. The van der Waals surface area contributed by atoms with Crippen molar-refractivity contribution in [2.24, 2.45) is 0 Å². The maximum Gasteiger partial charge on any atom is 0.344 e. The number of halogens is 2. The molecule has 1 rings (SSSR count). The zero-order valence-corrected chi connectivity index (χ0v) is 9.04. The number of benzene rings is 1. The van der Waals surface area contributed by atoms with Gasteiger partial charge in [-0.25, -0.2) is 13.6 Å². The first-order valence-electron chi connectivity index (χ1n) is 4.81. The summed E-state index contributed by atoms with van der Waals surface area (Å²) in [4.78, 5) is 21.2. The zero-order chi connectivity index (χ0) is 12.8. The van der Waals surface area contributed by atoms with E-state index >= 15 is 0 Å². The number of ether oxygens (including phenoxy) is 2. The number of carbonyl (C=O) groups excluding carboxylic acids is 2. The van der Waals surface area contributed by atoms with E-state index in [0.29, 0.717) is 6.29 Å². The van der Waals surface area contributed by atoms with Crippen molar-refractivity contribution in [1.82, 2.24) is 0 Å². The van der Waals surface area contributed by atoms with Crippen LogP contribution in [0.2, 0.25) is 0 Å². The van der Waals surface area contributed by atoms with Crippen molar-refractivity contribution in [3.05, 3.63) is 29.3 Å². The van der Waals surface area contributed by atoms with Gasteiger partial charge in [-0.05, 0) is 19.1 Å². The molecule has 0 fully saturated rings. The second-order valence-corrected chi connectivity index (χ2v) is 3.03. The van der Waals surface area contributed by atoms with Gasteiger partial charge in [-0.15, -0.1) is 0 Å². The van der Waals surface area contributed by atoms with E-state index in [2.05, 4.69) is 9.47 Å². The van der Waals surface area contributed by atoms with E-state index in [9.17, 15) is 18.4 Å². The highest BCUT2D eigenvalue weighted by molar-refractivity contribution is 5.75. The molecule has 0 bridgehead atoms. The minimum atomic E-state index is -1.05. The number of esters is 1. The van der Waals surface area contributed by atoms with Gasteiger partial charge in [0.05, 0.1) is 6.61 Å². The molecule has 0 aromatic heterocycles. The van der Waals surface area contributed by atoms with Crippen molar-refractivity contribution >= 4 is 12.3 Å². The van der Waals surface area contributed by atoms with Crippen molar-refractivity contribution in [3.8, 4) is 5.75 Å². The van der Waals surface area contributed by atoms with Crippen molar-refractivity contribution in [2.45, 2.75) is 6.92 Å². The van der Waals surface area contributed by atoms with Crippen LogP contribution in [0.3, 0.4) is 0 Å². The van der Waals surface area contributed by atoms with Gasteiger partial charge < -0.3 is 9.47 Å². The average Bonchev–Trinajstić information content (AvgIpc) is 2.28. The lowest BCUT2D eigenvalue weighted by Crippen LogP contribution is -2.15. The fourth-order valence-corrected chi connectivity index (χ4v) is 1.12.